The van der Waals surface area contributed by atoms with Gasteiger partial charge in [0.05, 0.1) is 6.42 Å². The van der Waals surface area contributed by atoms with Crippen LogP contribution in [0.15, 0.2) is 5.38 Å². The van der Waals surface area contributed by atoms with Gasteiger partial charge in [-0.25, -0.2) is 4.98 Å². The fourth-order valence-electron chi connectivity index (χ4n) is 2.12. The van der Waals surface area contributed by atoms with Crippen molar-refractivity contribution in [2.24, 2.45) is 0 Å². The summed E-state index contributed by atoms with van der Waals surface area (Å²) in [7, 11) is 0. The van der Waals surface area contributed by atoms with Gasteiger partial charge in [0.2, 0.25) is 0 Å². The van der Waals surface area contributed by atoms with E-state index in [-0.39, 0.29) is 0 Å². The highest BCUT2D eigenvalue weighted by Gasteiger charge is 2.16. The number of rotatable bonds is 2. The van der Waals surface area contributed by atoms with Crippen molar-refractivity contribution < 1.29 is 0 Å². The van der Waals surface area contributed by atoms with Crippen LogP contribution in [0.3, 0.4) is 0 Å². The Labute approximate surface area is 98.4 Å². The summed E-state index contributed by atoms with van der Waals surface area (Å²) in [5, 5.41) is 11.8. The molecule has 2 aromatic heterocycles. The Morgan fingerprint density at radius 1 is 1.38 bits per heavy atom. The molecule has 16 heavy (non-hydrogen) atoms. The molecule has 0 bridgehead atoms. The van der Waals surface area contributed by atoms with Crippen molar-refractivity contribution in [3.05, 3.63) is 27.7 Å². The molecule has 0 aromatic carbocycles. The van der Waals surface area contributed by atoms with Crippen molar-refractivity contribution in [3.63, 3.8) is 0 Å². The second kappa shape index (κ2) is 3.97. The molecule has 5 heteroatoms. The minimum atomic E-state index is 0.825. The van der Waals surface area contributed by atoms with Crippen molar-refractivity contribution >= 4 is 11.3 Å². The lowest BCUT2D eigenvalue weighted by molar-refractivity contribution is 0.510. The van der Waals surface area contributed by atoms with Gasteiger partial charge < -0.3 is 4.57 Å². The standard InChI is InChI=1S/C11H14N4S/c1-8-7-16-11(12-8)6-10-14-13-9-4-2-3-5-15(9)10/h7H,2-6H2,1H3. The van der Waals surface area contributed by atoms with Gasteiger partial charge in [-0.05, 0) is 19.8 Å². The van der Waals surface area contributed by atoms with E-state index in [1.54, 1.807) is 11.3 Å². The molecule has 0 spiro atoms. The Morgan fingerprint density at radius 2 is 2.31 bits per heavy atom. The molecule has 0 aliphatic carbocycles. The molecule has 0 N–H and O–H groups in total. The number of thiazole rings is 1. The molecule has 1 aliphatic heterocycles. The fraction of sp³-hybridized carbons (Fsp3) is 0.545. The first-order valence-electron chi connectivity index (χ1n) is 5.65. The topological polar surface area (TPSA) is 43.6 Å². The van der Waals surface area contributed by atoms with Crippen LogP contribution < -0.4 is 0 Å². The molecular formula is C11H14N4S. The maximum absolute atomic E-state index is 4.47. The van der Waals surface area contributed by atoms with Crippen LogP contribution in [-0.4, -0.2) is 19.7 Å². The Bertz CT molecular complexity index is 500. The van der Waals surface area contributed by atoms with Crippen molar-refractivity contribution in [2.75, 3.05) is 0 Å². The van der Waals surface area contributed by atoms with Gasteiger partial charge >= 0.3 is 0 Å². The van der Waals surface area contributed by atoms with E-state index in [0.29, 0.717) is 0 Å². The van der Waals surface area contributed by atoms with Gasteiger partial charge in [0.25, 0.3) is 0 Å². The number of fused-ring (bicyclic) bond motifs is 1. The average molecular weight is 234 g/mol. The summed E-state index contributed by atoms with van der Waals surface area (Å²) < 4.78 is 2.26. The summed E-state index contributed by atoms with van der Waals surface area (Å²) in [6.07, 6.45) is 4.39. The van der Waals surface area contributed by atoms with Gasteiger partial charge in [-0.1, -0.05) is 0 Å². The van der Waals surface area contributed by atoms with E-state index in [9.17, 15) is 0 Å². The summed E-state index contributed by atoms with van der Waals surface area (Å²) in [5.74, 6) is 2.22. The normalized spacial score (nSPS) is 15.1. The van der Waals surface area contributed by atoms with E-state index in [1.165, 1.54) is 12.8 Å². The Kier molecular flexibility index (Phi) is 2.47. The van der Waals surface area contributed by atoms with Gasteiger partial charge in [-0.3, -0.25) is 0 Å². The van der Waals surface area contributed by atoms with Gasteiger partial charge in [0.1, 0.15) is 16.7 Å². The zero-order chi connectivity index (χ0) is 11.0. The van der Waals surface area contributed by atoms with Crippen LogP contribution in [0.1, 0.15) is 35.2 Å². The van der Waals surface area contributed by atoms with E-state index >= 15 is 0 Å². The molecule has 0 atom stereocenters. The summed E-state index contributed by atoms with van der Waals surface area (Å²) in [5.41, 5.74) is 1.10. The lowest BCUT2D eigenvalue weighted by Crippen LogP contribution is -2.13. The van der Waals surface area contributed by atoms with E-state index in [0.717, 1.165) is 41.7 Å². The van der Waals surface area contributed by atoms with Crippen LogP contribution in [0.4, 0.5) is 0 Å². The molecule has 0 radical (unpaired) electrons. The third-order valence-electron chi connectivity index (χ3n) is 2.91. The first kappa shape index (κ1) is 9.96. The Balaban J connectivity index is 1.87. The molecule has 0 amide bonds. The van der Waals surface area contributed by atoms with E-state index in [2.05, 4.69) is 25.1 Å². The van der Waals surface area contributed by atoms with Crippen LogP contribution in [0.2, 0.25) is 0 Å². The molecule has 4 nitrogen and oxygen atoms in total. The minimum Gasteiger partial charge on any atom is -0.315 e. The molecule has 0 saturated carbocycles. The summed E-state index contributed by atoms with van der Waals surface area (Å²) in [4.78, 5) is 4.47. The van der Waals surface area contributed by atoms with Crippen LogP contribution in [-0.2, 0) is 19.4 Å². The van der Waals surface area contributed by atoms with Crippen LogP contribution >= 0.6 is 11.3 Å². The highest BCUT2D eigenvalue weighted by Crippen LogP contribution is 2.18. The second-order valence-corrected chi connectivity index (χ2v) is 5.14. The molecule has 2 aromatic rings. The van der Waals surface area contributed by atoms with Gasteiger partial charge in [-0.15, -0.1) is 21.5 Å². The minimum absolute atomic E-state index is 0.825. The van der Waals surface area contributed by atoms with Gasteiger partial charge in [-0.2, -0.15) is 0 Å². The third kappa shape index (κ3) is 1.75. The zero-order valence-electron chi connectivity index (χ0n) is 9.31. The molecule has 84 valence electrons. The maximum atomic E-state index is 4.47. The van der Waals surface area contributed by atoms with Crippen molar-refractivity contribution in [1.82, 2.24) is 19.7 Å². The summed E-state index contributed by atoms with van der Waals surface area (Å²) in [6.45, 7) is 3.10. The number of hydrogen-bond acceptors (Lipinski definition) is 4. The smallest absolute Gasteiger partial charge is 0.139 e. The molecule has 0 unspecified atom stereocenters. The Hall–Kier alpha value is -1.23. The highest BCUT2D eigenvalue weighted by atomic mass is 32.1. The number of aryl methyl sites for hydroxylation is 2. The van der Waals surface area contributed by atoms with Crippen LogP contribution in [0, 0.1) is 6.92 Å². The van der Waals surface area contributed by atoms with Crippen molar-refractivity contribution in [2.45, 2.75) is 39.2 Å². The first-order valence-corrected chi connectivity index (χ1v) is 6.53. The van der Waals surface area contributed by atoms with E-state index in [4.69, 9.17) is 0 Å². The lowest BCUT2D eigenvalue weighted by Gasteiger charge is -2.13. The van der Waals surface area contributed by atoms with E-state index < -0.39 is 0 Å². The predicted octanol–water partition coefficient (Wildman–Crippen LogP) is 1.97. The lowest BCUT2D eigenvalue weighted by atomic mass is 10.1. The zero-order valence-corrected chi connectivity index (χ0v) is 10.1. The van der Waals surface area contributed by atoms with Crippen LogP contribution in [0.25, 0.3) is 0 Å². The second-order valence-electron chi connectivity index (χ2n) is 4.20. The quantitative estimate of drug-likeness (QED) is 0.798. The summed E-state index contributed by atoms with van der Waals surface area (Å²) in [6, 6.07) is 0. The first-order chi connectivity index (χ1) is 7.83. The third-order valence-corrected chi connectivity index (χ3v) is 3.88. The largest absolute Gasteiger partial charge is 0.315 e. The van der Waals surface area contributed by atoms with Gasteiger partial charge in [0.15, 0.2) is 0 Å². The predicted molar refractivity (Wildman–Crippen MR) is 62.6 cm³/mol. The molecule has 0 fully saturated rings. The van der Waals surface area contributed by atoms with Crippen molar-refractivity contribution in [3.8, 4) is 0 Å². The molecule has 3 rings (SSSR count). The number of hydrogen-bond donors (Lipinski definition) is 0. The van der Waals surface area contributed by atoms with E-state index in [1.807, 2.05) is 6.92 Å². The van der Waals surface area contributed by atoms with Crippen LogP contribution in [0.5, 0.6) is 0 Å². The fourth-order valence-corrected chi connectivity index (χ4v) is 2.89. The monoisotopic (exact) mass is 234 g/mol. The summed E-state index contributed by atoms with van der Waals surface area (Å²) >= 11 is 1.71. The average Bonchev–Trinajstić information content (AvgIpc) is 2.87. The molecule has 0 saturated heterocycles. The highest BCUT2D eigenvalue weighted by molar-refractivity contribution is 7.09. The maximum Gasteiger partial charge on any atom is 0.139 e. The molecular weight excluding hydrogens is 220 g/mol. The number of aromatic nitrogens is 4. The molecule has 3 heterocycles. The van der Waals surface area contributed by atoms with Gasteiger partial charge in [0, 0.05) is 24.0 Å². The van der Waals surface area contributed by atoms with Crippen molar-refractivity contribution in [1.29, 1.82) is 0 Å². The molecule has 1 aliphatic rings. The SMILES string of the molecule is Cc1csc(Cc2nnc3n2CCCC3)n1. The Morgan fingerprint density at radius 3 is 3.12 bits per heavy atom. The number of nitrogens with zero attached hydrogens (tertiary/aromatic N) is 4.